The Labute approximate surface area is 162 Å². The highest BCUT2D eigenvalue weighted by atomic mass is 16.5. The van der Waals surface area contributed by atoms with E-state index in [1.807, 2.05) is 29.2 Å². The van der Waals surface area contributed by atoms with Gasteiger partial charge in [-0.3, -0.25) is 9.89 Å². The van der Waals surface area contributed by atoms with Crippen molar-refractivity contribution in [2.75, 3.05) is 26.3 Å². The largest absolute Gasteiger partial charge is 0.381 e. The summed E-state index contributed by atoms with van der Waals surface area (Å²) < 4.78 is 11.1. The van der Waals surface area contributed by atoms with E-state index in [4.69, 9.17) is 9.26 Å². The molecule has 1 saturated heterocycles. The lowest BCUT2D eigenvalue weighted by Crippen LogP contribution is -2.29. The molecule has 3 aromatic rings. The summed E-state index contributed by atoms with van der Waals surface area (Å²) in [6.45, 7) is 2.69. The third kappa shape index (κ3) is 3.52. The van der Waals surface area contributed by atoms with Crippen LogP contribution in [0.5, 0.6) is 0 Å². The first-order valence-corrected chi connectivity index (χ1v) is 9.90. The van der Waals surface area contributed by atoms with Crippen LogP contribution in [0, 0.1) is 5.92 Å². The van der Waals surface area contributed by atoms with E-state index in [2.05, 4.69) is 20.3 Å². The predicted molar refractivity (Wildman–Crippen MR) is 101 cm³/mol. The molecule has 2 fully saturated rings. The van der Waals surface area contributed by atoms with Crippen LogP contribution in [0.4, 0.5) is 0 Å². The van der Waals surface area contributed by atoms with E-state index in [1.54, 1.807) is 0 Å². The maximum atomic E-state index is 12.9. The summed E-state index contributed by atoms with van der Waals surface area (Å²) in [4.78, 5) is 19.2. The number of amides is 1. The lowest BCUT2D eigenvalue weighted by molar-refractivity contribution is 0.0785. The summed E-state index contributed by atoms with van der Waals surface area (Å²) in [6, 6.07) is 7.66. The minimum Gasteiger partial charge on any atom is -0.381 e. The molecular formula is C20H23N5O3. The van der Waals surface area contributed by atoms with Gasteiger partial charge in [-0.25, -0.2) is 0 Å². The molecule has 2 aliphatic rings. The molecule has 1 unspecified atom stereocenters. The normalized spacial score (nSPS) is 19.6. The smallest absolute Gasteiger partial charge is 0.275 e. The van der Waals surface area contributed by atoms with Gasteiger partial charge >= 0.3 is 0 Å². The van der Waals surface area contributed by atoms with Crippen molar-refractivity contribution in [3.63, 3.8) is 0 Å². The number of carbonyl (C=O) groups excluding carboxylic acids is 1. The van der Waals surface area contributed by atoms with Crippen LogP contribution in [0.3, 0.4) is 0 Å². The van der Waals surface area contributed by atoms with Crippen LogP contribution in [-0.2, 0) is 11.2 Å². The predicted octanol–water partition coefficient (Wildman–Crippen LogP) is 2.54. The number of H-pyrrole nitrogens is 1. The molecule has 1 N–H and O–H groups in total. The zero-order valence-electron chi connectivity index (χ0n) is 15.6. The fourth-order valence-corrected chi connectivity index (χ4v) is 3.66. The Morgan fingerprint density at radius 3 is 3.07 bits per heavy atom. The van der Waals surface area contributed by atoms with Crippen molar-refractivity contribution in [1.82, 2.24) is 25.2 Å². The minimum atomic E-state index is -0.0619. The quantitative estimate of drug-likeness (QED) is 0.632. The van der Waals surface area contributed by atoms with Gasteiger partial charge in [0.25, 0.3) is 5.91 Å². The summed E-state index contributed by atoms with van der Waals surface area (Å²) in [5.74, 6) is 2.05. The number of fused-ring (bicyclic) bond motifs is 1. The topological polar surface area (TPSA) is 97.1 Å². The highest BCUT2D eigenvalue weighted by Crippen LogP contribution is 2.29. The molecule has 3 heterocycles. The van der Waals surface area contributed by atoms with Crippen molar-refractivity contribution in [3.05, 3.63) is 41.7 Å². The molecule has 1 amide bonds. The van der Waals surface area contributed by atoms with Crippen LogP contribution in [0.25, 0.3) is 10.9 Å². The van der Waals surface area contributed by atoms with Crippen molar-refractivity contribution < 1.29 is 14.1 Å². The Balaban J connectivity index is 1.19. The van der Waals surface area contributed by atoms with Crippen molar-refractivity contribution in [3.8, 4) is 0 Å². The Morgan fingerprint density at radius 2 is 2.18 bits per heavy atom. The van der Waals surface area contributed by atoms with Crippen LogP contribution in [-0.4, -0.2) is 57.4 Å². The number of carbonyl (C=O) groups is 1. The van der Waals surface area contributed by atoms with Gasteiger partial charge in [0.1, 0.15) is 0 Å². The van der Waals surface area contributed by atoms with E-state index in [1.165, 1.54) is 12.8 Å². The SMILES string of the molecule is O=C(c1n[nH]c2ccccc12)N1CCC(c2nc(CCOCC3CC3)no2)C1. The number of para-hydroxylation sites is 1. The molecule has 1 atom stereocenters. The first-order chi connectivity index (χ1) is 13.8. The van der Waals surface area contributed by atoms with Gasteiger partial charge in [0, 0.05) is 31.5 Å². The first-order valence-electron chi connectivity index (χ1n) is 9.90. The van der Waals surface area contributed by atoms with Gasteiger partial charge in [0.05, 0.1) is 18.0 Å². The van der Waals surface area contributed by atoms with E-state index < -0.39 is 0 Å². The number of hydrogen-bond donors (Lipinski definition) is 1. The van der Waals surface area contributed by atoms with Gasteiger partial charge in [-0.2, -0.15) is 10.1 Å². The average molecular weight is 381 g/mol. The Bertz CT molecular complexity index is 977. The molecule has 8 nitrogen and oxygen atoms in total. The molecule has 2 aromatic heterocycles. The Hall–Kier alpha value is -2.74. The first kappa shape index (κ1) is 17.4. The van der Waals surface area contributed by atoms with E-state index in [-0.39, 0.29) is 11.8 Å². The molecule has 146 valence electrons. The second-order valence-electron chi connectivity index (χ2n) is 7.67. The summed E-state index contributed by atoms with van der Waals surface area (Å²) in [6.07, 6.45) is 4.05. The fourth-order valence-electron chi connectivity index (χ4n) is 3.66. The molecular weight excluding hydrogens is 358 g/mol. The molecule has 1 aliphatic carbocycles. The van der Waals surface area contributed by atoms with Gasteiger partial charge in [0.2, 0.25) is 5.89 Å². The highest BCUT2D eigenvalue weighted by molar-refractivity contribution is 6.04. The maximum Gasteiger partial charge on any atom is 0.275 e. The zero-order valence-corrected chi connectivity index (χ0v) is 15.6. The molecule has 0 bridgehead atoms. The van der Waals surface area contributed by atoms with Crippen molar-refractivity contribution in [2.45, 2.75) is 31.6 Å². The number of benzene rings is 1. The van der Waals surface area contributed by atoms with Crippen LogP contribution in [0.1, 0.15) is 47.4 Å². The molecule has 1 saturated carbocycles. The number of hydrogen-bond acceptors (Lipinski definition) is 6. The number of ether oxygens (including phenoxy) is 1. The van der Waals surface area contributed by atoms with Crippen molar-refractivity contribution >= 4 is 16.8 Å². The van der Waals surface area contributed by atoms with Crippen LogP contribution in [0.2, 0.25) is 0 Å². The number of aromatic nitrogens is 4. The molecule has 8 heteroatoms. The van der Waals surface area contributed by atoms with E-state index in [0.29, 0.717) is 43.5 Å². The second-order valence-corrected chi connectivity index (χ2v) is 7.67. The van der Waals surface area contributed by atoms with E-state index in [0.717, 1.165) is 29.8 Å². The van der Waals surface area contributed by atoms with Gasteiger partial charge in [-0.1, -0.05) is 23.4 Å². The van der Waals surface area contributed by atoms with Crippen LogP contribution in [0.15, 0.2) is 28.8 Å². The summed E-state index contributed by atoms with van der Waals surface area (Å²) in [5, 5.41) is 12.1. The second kappa shape index (κ2) is 7.35. The van der Waals surface area contributed by atoms with Crippen LogP contribution >= 0.6 is 0 Å². The molecule has 0 spiro atoms. The third-order valence-electron chi connectivity index (χ3n) is 5.50. The fraction of sp³-hybridized carbons (Fsp3) is 0.500. The van der Waals surface area contributed by atoms with E-state index >= 15 is 0 Å². The molecule has 28 heavy (non-hydrogen) atoms. The number of nitrogens with one attached hydrogen (secondary N) is 1. The monoisotopic (exact) mass is 381 g/mol. The Morgan fingerprint density at radius 1 is 1.29 bits per heavy atom. The zero-order chi connectivity index (χ0) is 18.9. The van der Waals surface area contributed by atoms with Crippen LogP contribution < -0.4 is 0 Å². The number of aromatic amines is 1. The maximum absolute atomic E-state index is 12.9. The third-order valence-corrected chi connectivity index (χ3v) is 5.50. The van der Waals surface area contributed by atoms with Gasteiger partial charge in [-0.15, -0.1) is 0 Å². The molecule has 1 aromatic carbocycles. The standard InChI is InChI=1S/C20H23N5O3/c26-20(18-15-3-1-2-4-16(15)22-23-18)25-9-7-14(11-25)19-21-17(24-28-19)8-10-27-12-13-5-6-13/h1-4,13-14H,5-12H2,(H,22,23). The summed E-state index contributed by atoms with van der Waals surface area (Å²) in [7, 11) is 0. The summed E-state index contributed by atoms with van der Waals surface area (Å²) in [5.41, 5.74) is 1.34. The van der Waals surface area contributed by atoms with Gasteiger partial charge in [0.15, 0.2) is 11.5 Å². The van der Waals surface area contributed by atoms with Gasteiger partial charge < -0.3 is 14.2 Å². The minimum absolute atomic E-state index is 0.0619. The number of likely N-dealkylation sites (tertiary alicyclic amines) is 1. The molecule has 1 aliphatic heterocycles. The lowest BCUT2D eigenvalue weighted by Gasteiger charge is -2.14. The molecule has 0 radical (unpaired) electrons. The van der Waals surface area contributed by atoms with E-state index in [9.17, 15) is 4.79 Å². The number of nitrogens with zero attached hydrogens (tertiary/aromatic N) is 4. The summed E-state index contributed by atoms with van der Waals surface area (Å²) >= 11 is 0. The van der Waals surface area contributed by atoms with Crippen molar-refractivity contribution in [2.24, 2.45) is 5.92 Å². The highest BCUT2D eigenvalue weighted by Gasteiger charge is 2.33. The average Bonchev–Trinajstić information content (AvgIpc) is 3.14. The molecule has 5 rings (SSSR count). The van der Waals surface area contributed by atoms with Crippen molar-refractivity contribution in [1.29, 1.82) is 0 Å². The van der Waals surface area contributed by atoms with Gasteiger partial charge in [-0.05, 0) is 31.2 Å². The Kier molecular flexibility index (Phi) is 4.56. The number of rotatable bonds is 7. The lowest BCUT2D eigenvalue weighted by atomic mass is 10.1.